The van der Waals surface area contributed by atoms with E-state index in [1.54, 1.807) is 30.5 Å². The lowest BCUT2D eigenvalue weighted by Crippen LogP contribution is -2.32. The van der Waals surface area contributed by atoms with Gasteiger partial charge in [-0.05, 0) is 36.4 Å². The zero-order valence-electron chi connectivity index (χ0n) is 13.9. The van der Waals surface area contributed by atoms with Crippen molar-refractivity contribution in [2.45, 2.75) is 9.92 Å². The monoisotopic (exact) mass is 376 g/mol. The van der Waals surface area contributed by atoms with Crippen LogP contribution in [0.1, 0.15) is 31.1 Å². The van der Waals surface area contributed by atoms with Crippen molar-refractivity contribution in [1.82, 2.24) is 10.0 Å². The van der Waals surface area contributed by atoms with E-state index in [0.717, 1.165) is 4.90 Å². The number of imide groups is 1. The Balaban J connectivity index is 1.58. The molecule has 2 aromatic carbocycles. The fourth-order valence-corrected chi connectivity index (χ4v) is 3.50. The molecule has 3 aromatic rings. The van der Waals surface area contributed by atoms with Crippen LogP contribution in [-0.2, 0) is 4.84 Å². The number of amides is 2. The minimum absolute atomic E-state index is 0.169. The number of hydrogen-bond acceptors (Lipinski definition) is 6. The lowest BCUT2D eigenvalue weighted by atomic mass is 10.1. The molecule has 4 rings (SSSR count). The van der Waals surface area contributed by atoms with E-state index in [2.05, 4.69) is 4.98 Å². The maximum Gasteiger partial charge on any atom is 0.366 e. The van der Waals surface area contributed by atoms with Gasteiger partial charge in [0.25, 0.3) is 11.8 Å². The van der Waals surface area contributed by atoms with Crippen LogP contribution >= 0.6 is 11.8 Å². The summed E-state index contributed by atoms with van der Waals surface area (Å²) >= 11 is 1.29. The molecule has 132 valence electrons. The van der Waals surface area contributed by atoms with Crippen LogP contribution in [0.25, 0.3) is 0 Å². The number of benzene rings is 2. The second-order valence-electron chi connectivity index (χ2n) is 5.60. The fraction of sp³-hybridized carbons (Fsp3) is 0. The zero-order chi connectivity index (χ0) is 18.8. The molecule has 0 N–H and O–H groups in total. The molecule has 6 nitrogen and oxygen atoms in total. The van der Waals surface area contributed by atoms with Crippen LogP contribution in [0.3, 0.4) is 0 Å². The van der Waals surface area contributed by atoms with Crippen molar-refractivity contribution in [2.24, 2.45) is 0 Å². The van der Waals surface area contributed by atoms with E-state index in [-0.39, 0.29) is 16.7 Å². The van der Waals surface area contributed by atoms with Gasteiger partial charge in [0.1, 0.15) is 5.03 Å². The van der Waals surface area contributed by atoms with Crippen molar-refractivity contribution in [3.63, 3.8) is 0 Å². The summed E-state index contributed by atoms with van der Waals surface area (Å²) in [6, 6.07) is 18.9. The summed E-state index contributed by atoms with van der Waals surface area (Å²) in [5, 5.41) is 0.919. The Kier molecular flexibility index (Phi) is 4.43. The largest absolute Gasteiger partial charge is 0.366 e. The fourth-order valence-electron chi connectivity index (χ4n) is 2.61. The molecule has 2 heterocycles. The second-order valence-corrected chi connectivity index (χ2v) is 6.66. The van der Waals surface area contributed by atoms with Gasteiger partial charge in [-0.15, -0.1) is 0 Å². The van der Waals surface area contributed by atoms with Gasteiger partial charge in [-0.2, -0.15) is 0 Å². The van der Waals surface area contributed by atoms with E-state index in [1.807, 2.05) is 30.3 Å². The Labute approximate surface area is 158 Å². The van der Waals surface area contributed by atoms with Gasteiger partial charge < -0.3 is 4.84 Å². The number of hydroxylamine groups is 2. The Bertz CT molecular complexity index is 1020. The Morgan fingerprint density at radius 1 is 0.852 bits per heavy atom. The molecular weight excluding hydrogens is 364 g/mol. The minimum Gasteiger partial charge on any atom is -0.324 e. The molecule has 0 atom stereocenters. The molecule has 1 aromatic heterocycles. The van der Waals surface area contributed by atoms with Crippen LogP contribution < -0.4 is 0 Å². The van der Waals surface area contributed by atoms with Gasteiger partial charge in [0.15, 0.2) is 0 Å². The van der Waals surface area contributed by atoms with Crippen LogP contribution in [0.15, 0.2) is 82.8 Å². The molecule has 1 aliphatic heterocycles. The third-order valence-electron chi connectivity index (χ3n) is 3.88. The number of nitrogens with zero attached hydrogens (tertiary/aromatic N) is 2. The summed E-state index contributed by atoms with van der Waals surface area (Å²) in [6.07, 6.45) is 1.56. The van der Waals surface area contributed by atoms with E-state index in [0.29, 0.717) is 10.1 Å². The van der Waals surface area contributed by atoms with Crippen LogP contribution in [0.2, 0.25) is 0 Å². The average molecular weight is 376 g/mol. The molecule has 0 spiro atoms. The van der Waals surface area contributed by atoms with Crippen molar-refractivity contribution < 1.29 is 19.2 Å². The Morgan fingerprint density at radius 2 is 1.48 bits per heavy atom. The highest BCUT2D eigenvalue weighted by Crippen LogP contribution is 2.29. The molecule has 1 aliphatic rings. The Morgan fingerprint density at radius 3 is 2.15 bits per heavy atom. The molecule has 0 bridgehead atoms. The molecule has 0 fully saturated rings. The average Bonchev–Trinajstić information content (AvgIpc) is 2.94. The van der Waals surface area contributed by atoms with Crippen molar-refractivity contribution in [2.75, 3.05) is 0 Å². The van der Waals surface area contributed by atoms with Crippen LogP contribution in [0.5, 0.6) is 0 Å². The normalized spacial score (nSPS) is 12.8. The van der Waals surface area contributed by atoms with Crippen LogP contribution in [0, 0.1) is 0 Å². The van der Waals surface area contributed by atoms with Crippen molar-refractivity contribution in [3.8, 4) is 0 Å². The smallest absolute Gasteiger partial charge is 0.324 e. The first-order valence-electron chi connectivity index (χ1n) is 8.03. The number of aromatic nitrogens is 1. The van der Waals surface area contributed by atoms with Gasteiger partial charge in [0.2, 0.25) is 0 Å². The third kappa shape index (κ3) is 3.20. The van der Waals surface area contributed by atoms with E-state index in [1.165, 1.54) is 23.9 Å². The maximum absolute atomic E-state index is 12.6. The van der Waals surface area contributed by atoms with E-state index in [9.17, 15) is 14.4 Å². The van der Waals surface area contributed by atoms with Gasteiger partial charge in [0.05, 0.1) is 16.7 Å². The van der Waals surface area contributed by atoms with Gasteiger partial charge in [-0.25, -0.2) is 9.78 Å². The summed E-state index contributed by atoms with van der Waals surface area (Å²) < 4.78 is 0. The molecule has 27 heavy (non-hydrogen) atoms. The summed E-state index contributed by atoms with van der Waals surface area (Å²) in [7, 11) is 0. The van der Waals surface area contributed by atoms with E-state index >= 15 is 0 Å². The molecule has 0 aliphatic carbocycles. The van der Waals surface area contributed by atoms with Crippen LogP contribution in [0.4, 0.5) is 0 Å². The highest BCUT2D eigenvalue weighted by molar-refractivity contribution is 7.99. The summed E-state index contributed by atoms with van der Waals surface area (Å²) in [5.74, 6) is -2.15. The topological polar surface area (TPSA) is 76.6 Å². The lowest BCUT2D eigenvalue weighted by molar-refractivity contribution is -0.0587. The number of rotatable bonds is 4. The number of carbonyl (C=O) groups is 3. The molecule has 0 saturated carbocycles. The predicted octanol–water partition coefficient (Wildman–Crippen LogP) is 3.60. The van der Waals surface area contributed by atoms with Gasteiger partial charge in [-0.1, -0.05) is 47.2 Å². The lowest BCUT2D eigenvalue weighted by Gasteiger charge is -2.14. The van der Waals surface area contributed by atoms with Crippen molar-refractivity contribution >= 4 is 29.5 Å². The molecule has 0 unspecified atom stereocenters. The van der Waals surface area contributed by atoms with Crippen LogP contribution in [-0.4, -0.2) is 27.8 Å². The molecular formula is C20H12N2O4S. The standard InChI is InChI=1S/C20H12N2O4S/c23-18-14-9-4-5-10-15(14)19(24)22(18)26-20(25)16-11-6-12-21-17(16)27-13-7-2-1-3-8-13/h1-12H. The maximum atomic E-state index is 12.6. The third-order valence-corrected chi connectivity index (χ3v) is 4.91. The van der Waals surface area contributed by atoms with E-state index < -0.39 is 17.8 Å². The number of pyridine rings is 1. The van der Waals surface area contributed by atoms with E-state index in [4.69, 9.17) is 4.84 Å². The molecule has 0 saturated heterocycles. The number of hydrogen-bond donors (Lipinski definition) is 0. The first-order valence-corrected chi connectivity index (χ1v) is 8.85. The minimum atomic E-state index is -0.823. The quantitative estimate of drug-likeness (QED) is 0.648. The zero-order valence-corrected chi connectivity index (χ0v) is 14.7. The predicted molar refractivity (Wildman–Crippen MR) is 97.2 cm³/mol. The molecule has 0 radical (unpaired) electrons. The second kappa shape index (κ2) is 7.05. The summed E-state index contributed by atoms with van der Waals surface area (Å²) in [6.45, 7) is 0. The SMILES string of the molecule is O=C(ON1C(=O)c2ccccc2C1=O)c1cccnc1Sc1ccccc1. The van der Waals surface area contributed by atoms with Crippen molar-refractivity contribution in [1.29, 1.82) is 0 Å². The first kappa shape index (κ1) is 17.0. The van der Waals surface area contributed by atoms with Crippen molar-refractivity contribution in [3.05, 3.63) is 89.6 Å². The summed E-state index contributed by atoms with van der Waals surface area (Å²) in [5.41, 5.74) is 0.587. The van der Waals surface area contributed by atoms with Gasteiger partial charge >= 0.3 is 5.97 Å². The van der Waals surface area contributed by atoms with Gasteiger partial charge in [-0.3, -0.25) is 9.59 Å². The summed E-state index contributed by atoms with van der Waals surface area (Å²) in [4.78, 5) is 47.6. The highest BCUT2D eigenvalue weighted by atomic mass is 32.2. The first-order chi connectivity index (χ1) is 13.1. The number of fused-ring (bicyclic) bond motifs is 1. The molecule has 2 amide bonds. The van der Waals surface area contributed by atoms with Gasteiger partial charge in [0, 0.05) is 11.1 Å². The molecule has 7 heteroatoms. The number of carbonyl (C=O) groups excluding carboxylic acids is 3. The highest BCUT2D eigenvalue weighted by Gasteiger charge is 2.39. The Hall–Kier alpha value is -3.45.